The Bertz CT molecular complexity index is 1250. The summed E-state index contributed by atoms with van der Waals surface area (Å²) < 4.78 is 23.6. The van der Waals surface area contributed by atoms with Crippen LogP contribution in [0.3, 0.4) is 0 Å². The lowest BCUT2D eigenvalue weighted by Gasteiger charge is -2.63. The van der Waals surface area contributed by atoms with Crippen molar-refractivity contribution in [3.05, 3.63) is 29.8 Å². The zero-order valence-electron chi connectivity index (χ0n) is 22.7. The van der Waals surface area contributed by atoms with E-state index in [4.69, 9.17) is 18.9 Å². The van der Waals surface area contributed by atoms with Crippen LogP contribution in [0, 0.1) is 17.8 Å². The van der Waals surface area contributed by atoms with Crippen LogP contribution in [-0.2, 0) is 29.2 Å². The number of hydrogen-bond donors (Lipinski definition) is 1. The standard InChI is InChI=1S/C28H34N2O8/c1-8-13-28-17-15-35-20(21(28)36-24(33)38-26(5,6)7)27(14-19(17)29(28)23(32)37-25(2,3)4)16-11-9-10-12-18(16)30(34)22(27)31/h9-12,17,19-21,34H,14-15H2,1-7H3/t17?,19-,20?,21?,27?,28?/m0/s1. The quantitative estimate of drug-likeness (QED) is 0.334. The first-order valence-electron chi connectivity index (χ1n) is 12.8. The van der Waals surface area contributed by atoms with Gasteiger partial charge in [-0.3, -0.25) is 14.9 Å². The molecule has 204 valence electrons. The number of ether oxygens (including phenoxy) is 4. The van der Waals surface area contributed by atoms with Crippen molar-refractivity contribution in [3.8, 4) is 11.8 Å². The molecule has 10 heteroatoms. The lowest BCUT2D eigenvalue weighted by Crippen LogP contribution is -2.81. The molecule has 1 aromatic rings. The fourth-order valence-corrected chi connectivity index (χ4v) is 6.51. The van der Waals surface area contributed by atoms with Crippen molar-refractivity contribution in [1.82, 2.24) is 4.90 Å². The van der Waals surface area contributed by atoms with E-state index in [1.54, 1.807) is 72.7 Å². The van der Waals surface area contributed by atoms with Crippen LogP contribution < -0.4 is 5.06 Å². The number of anilines is 1. The molecule has 4 fully saturated rings. The molecule has 38 heavy (non-hydrogen) atoms. The van der Waals surface area contributed by atoms with Crippen molar-refractivity contribution in [1.29, 1.82) is 0 Å². The molecule has 1 spiro atoms. The molecule has 6 atom stereocenters. The zero-order chi connectivity index (χ0) is 27.8. The van der Waals surface area contributed by atoms with E-state index in [0.717, 1.165) is 0 Å². The molecule has 0 radical (unpaired) electrons. The van der Waals surface area contributed by atoms with Gasteiger partial charge in [-0.05, 0) is 66.5 Å². The van der Waals surface area contributed by atoms with E-state index in [9.17, 15) is 19.6 Å². The summed E-state index contributed by atoms with van der Waals surface area (Å²) in [5.74, 6) is 5.09. The highest BCUT2D eigenvalue weighted by Crippen LogP contribution is 2.63. The van der Waals surface area contributed by atoms with Gasteiger partial charge in [-0.15, -0.1) is 5.92 Å². The topological polar surface area (TPSA) is 115 Å². The first kappa shape index (κ1) is 26.3. The predicted molar refractivity (Wildman–Crippen MR) is 134 cm³/mol. The highest BCUT2D eigenvalue weighted by atomic mass is 16.7. The Morgan fingerprint density at radius 1 is 1.11 bits per heavy atom. The number of hydrogen-bond acceptors (Lipinski definition) is 8. The van der Waals surface area contributed by atoms with Crippen molar-refractivity contribution in [2.24, 2.45) is 5.92 Å². The Morgan fingerprint density at radius 2 is 1.76 bits per heavy atom. The zero-order valence-corrected chi connectivity index (χ0v) is 22.7. The molecule has 1 saturated carbocycles. The van der Waals surface area contributed by atoms with Crippen molar-refractivity contribution in [2.45, 2.75) is 95.3 Å². The molecule has 2 amide bonds. The van der Waals surface area contributed by atoms with Gasteiger partial charge in [-0.1, -0.05) is 24.1 Å². The summed E-state index contributed by atoms with van der Waals surface area (Å²) in [7, 11) is 0. The minimum absolute atomic E-state index is 0.135. The minimum Gasteiger partial charge on any atom is -0.444 e. The summed E-state index contributed by atoms with van der Waals surface area (Å²) in [4.78, 5) is 42.2. The molecule has 1 aliphatic carbocycles. The van der Waals surface area contributed by atoms with Gasteiger partial charge in [-0.2, -0.15) is 5.06 Å². The van der Waals surface area contributed by atoms with E-state index < -0.39 is 58.6 Å². The first-order valence-corrected chi connectivity index (χ1v) is 12.8. The highest BCUT2D eigenvalue weighted by Gasteiger charge is 2.80. The SMILES string of the molecule is CC#CC12C(OC(=O)OC(C)(C)C)C3OCC1[C@H](CC31C(=O)N(O)c3ccccc31)N2C(=O)OC(C)(C)C. The monoisotopic (exact) mass is 526 g/mol. The van der Waals surface area contributed by atoms with Crippen molar-refractivity contribution >= 4 is 23.8 Å². The van der Waals surface area contributed by atoms with Gasteiger partial charge in [0.25, 0.3) is 5.91 Å². The van der Waals surface area contributed by atoms with Crippen LogP contribution in [0.4, 0.5) is 15.3 Å². The summed E-state index contributed by atoms with van der Waals surface area (Å²) in [6.07, 6.45) is -3.74. The second-order valence-electron chi connectivity index (χ2n) is 12.3. The largest absolute Gasteiger partial charge is 0.509 e. The van der Waals surface area contributed by atoms with Gasteiger partial charge in [0.1, 0.15) is 22.7 Å². The molecule has 4 heterocycles. The number of benzene rings is 1. The summed E-state index contributed by atoms with van der Waals surface area (Å²) >= 11 is 0. The average Bonchev–Trinajstić information content (AvgIpc) is 2.90. The van der Waals surface area contributed by atoms with Crippen LogP contribution >= 0.6 is 0 Å². The second-order valence-corrected chi connectivity index (χ2v) is 12.3. The summed E-state index contributed by atoms with van der Waals surface area (Å²) in [5.41, 5.74) is -3.56. The molecule has 10 nitrogen and oxygen atoms in total. The maximum Gasteiger partial charge on any atom is 0.509 e. The molecular formula is C28H34N2O8. The third-order valence-electron chi connectivity index (χ3n) is 7.66. The molecule has 3 saturated heterocycles. The summed E-state index contributed by atoms with van der Waals surface area (Å²) in [5, 5.41) is 11.5. The van der Waals surface area contributed by atoms with Crippen molar-refractivity contribution in [3.63, 3.8) is 0 Å². The molecule has 0 aromatic heterocycles. The number of likely N-dealkylation sites (tertiary alicyclic amines) is 1. The molecule has 5 unspecified atom stereocenters. The summed E-state index contributed by atoms with van der Waals surface area (Å²) in [6.45, 7) is 12.2. The molecular weight excluding hydrogens is 492 g/mol. The number of hydroxylamine groups is 1. The molecule has 5 aliphatic rings. The third-order valence-corrected chi connectivity index (χ3v) is 7.66. The van der Waals surface area contributed by atoms with Crippen LogP contribution in [0.1, 0.15) is 60.5 Å². The highest BCUT2D eigenvalue weighted by molar-refractivity contribution is 6.07. The predicted octanol–water partition coefficient (Wildman–Crippen LogP) is 3.78. The Balaban J connectivity index is 1.71. The smallest absolute Gasteiger partial charge is 0.444 e. The van der Waals surface area contributed by atoms with Crippen LogP contribution in [0.2, 0.25) is 0 Å². The van der Waals surface area contributed by atoms with E-state index >= 15 is 0 Å². The number of amides is 2. The van der Waals surface area contributed by atoms with Gasteiger partial charge in [0.15, 0.2) is 11.6 Å². The van der Waals surface area contributed by atoms with E-state index in [2.05, 4.69) is 11.8 Å². The lowest BCUT2D eigenvalue weighted by atomic mass is 9.65. The van der Waals surface area contributed by atoms with Crippen LogP contribution in [0.5, 0.6) is 0 Å². The Kier molecular flexibility index (Phi) is 5.79. The summed E-state index contributed by atoms with van der Waals surface area (Å²) in [6, 6.07) is 6.36. The molecule has 4 bridgehead atoms. The number of para-hydroxylation sites is 1. The van der Waals surface area contributed by atoms with Gasteiger partial charge < -0.3 is 18.9 Å². The van der Waals surface area contributed by atoms with Crippen LogP contribution in [-0.4, -0.2) is 69.9 Å². The van der Waals surface area contributed by atoms with Gasteiger partial charge >= 0.3 is 12.2 Å². The normalized spacial score (nSPS) is 33.1. The maximum atomic E-state index is 13.9. The van der Waals surface area contributed by atoms with Crippen molar-refractivity contribution in [2.75, 3.05) is 11.7 Å². The van der Waals surface area contributed by atoms with E-state index in [0.29, 0.717) is 16.3 Å². The molecule has 1 aromatic carbocycles. The number of carbonyl (C=O) groups excluding carboxylic acids is 3. The number of rotatable bonds is 1. The van der Waals surface area contributed by atoms with E-state index in [1.165, 1.54) is 4.90 Å². The fraction of sp³-hybridized carbons (Fsp3) is 0.607. The van der Waals surface area contributed by atoms with E-state index in [1.807, 2.05) is 0 Å². The maximum absolute atomic E-state index is 13.9. The minimum atomic E-state index is -1.44. The van der Waals surface area contributed by atoms with Crippen LogP contribution in [0.25, 0.3) is 0 Å². The fourth-order valence-electron chi connectivity index (χ4n) is 6.51. The molecule has 1 N–H and O–H groups in total. The second kappa shape index (κ2) is 8.35. The lowest BCUT2D eigenvalue weighted by molar-refractivity contribution is -0.230. The number of fused-ring (bicyclic) bond motifs is 2. The van der Waals surface area contributed by atoms with Gasteiger partial charge in [-0.25, -0.2) is 9.59 Å². The Hall–Kier alpha value is -3.29. The van der Waals surface area contributed by atoms with Gasteiger partial charge in [0.05, 0.1) is 12.3 Å². The third kappa shape index (κ3) is 3.59. The molecule has 6 rings (SSSR count). The van der Waals surface area contributed by atoms with Gasteiger partial charge in [0.2, 0.25) is 0 Å². The van der Waals surface area contributed by atoms with Crippen LogP contribution in [0.15, 0.2) is 24.3 Å². The van der Waals surface area contributed by atoms with Gasteiger partial charge in [0, 0.05) is 12.0 Å². The Morgan fingerprint density at radius 3 is 2.39 bits per heavy atom. The van der Waals surface area contributed by atoms with Crippen molar-refractivity contribution < 1.29 is 38.5 Å². The number of nitrogens with zero attached hydrogens (tertiary/aromatic N) is 2. The Labute approximate surface area is 222 Å². The molecule has 4 aliphatic heterocycles. The number of carbonyl (C=O) groups is 3. The average molecular weight is 527 g/mol. The van der Waals surface area contributed by atoms with E-state index in [-0.39, 0.29) is 18.9 Å². The first-order chi connectivity index (χ1) is 17.7.